The van der Waals surface area contributed by atoms with Gasteiger partial charge in [-0.2, -0.15) is 0 Å². The normalized spacial score (nSPS) is 13.0. The molecule has 0 spiro atoms. The fourth-order valence-electron chi connectivity index (χ4n) is 2.95. The standard InChI is InChI=1S/C18H17F2N3OS/c1-21-25(24)18(17-22-11-12-23(17)2,13-3-7-15(19)8-4-13)14-5-9-16(20)10-6-14/h3-12,21H,1-2H3. The van der Waals surface area contributed by atoms with E-state index in [1.165, 1.54) is 24.3 Å². The molecule has 2 aromatic carbocycles. The lowest BCUT2D eigenvalue weighted by Crippen LogP contribution is -2.42. The first kappa shape index (κ1) is 17.4. The second kappa shape index (κ2) is 6.85. The van der Waals surface area contributed by atoms with Gasteiger partial charge in [-0.05, 0) is 42.4 Å². The Morgan fingerprint density at radius 1 is 1.00 bits per heavy atom. The van der Waals surface area contributed by atoms with E-state index in [2.05, 4.69) is 9.71 Å². The molecule has 0 amide bonds. The van der Waals surface area contributed by atoms with E-state index >= 15 is 0 Å². The van der Waals surface area contributed by atoms with Crippen molar-refractivity contribution in [2.45, 2.75) is 4.75 Å². The SMILES string of the molecule is CNS(=O)C(c1ccc(F)cc1)(c1ccc(F)cc1)c1nccn1C. The van der Waals surface area contributed by atoms with Gasteiger partial charge in [0.1, 0.15) is 28.4 Å². The number of aryl methyl sites for hydroxylation is 1. The van der Waals surface area contributed by atoms with E-state index in [-0.39, 0.29) is 0 Å². The van der Waals surface area contributed by atoms with Crippen LogP contribution in [0, 0.1) is 11.6 Å². The van der Waals surface area contributed by atoms with Crippen molar-refractivity contribution >= 4 is 11.0 Å². The highest BCUT2D eigenvalue weighted by molar-refractivity contribution is 7.84. The van der Waals surface area contributed by atoms with Crippen molar-refractivity contribution in [1.82, 2.24) is 14.3 Å². The van der Waals surface area contributed by atoms with Crippen molar-refractivity contribution in [3.05, 3.63) is 89.5 Å². The number of hydrogen-bond donors (Lipinski definition) is 1. The number of halogens is 2. The summed E-state index contributed by atoms with van der Waals surface area (Å²) in [5, 5.41) is 0. The number of rotatable bonds is 5. The van der Waals surface area contributed by atoms with Crippen LogP contribution in [0.1, 0.15) is 17.0 Å². The highest BCUT2D eigenvalue weighted by Crippen LogP contribution is 2.40. The second-order valence-electron chi connectivity index (χ2n) is 5.53. The Balaban J connectivity index is 2.39. The van der Waals surface area contributed by atoms with Crippen LogP contribution in [-0.2, 0) is 22.8 Å². The summed E-state index contributed by atoms with van der Waals surface area (Å²) in [6.07, 6.45) is 3.34. The molecule has 0 aliphatic rings. The molecular formula is C18H17F2N3OS. The van der Waals surface area contributed by atoms with Crippen LogP contribution < -0.4 is 4.72 Å². The minimum absolute atomic E-state index is 0.396. The number of hydrogen-bond acceptors (Lipinski definition) is 2. The molecule has 1 atom stereocenters. The van der Waals surface area contributed by atoms with Crippen molar-refractivity contribution in [2.24, 2.45) is 7.05 Å². The monoisotopic (exact) mass is 361 g/mol. The Kier molecular flexibility index (Phi) is 4.78. The van der Waals surface area contributed by atoms with Crippen molar-refractivity contribution in [1.29, 1.82) is 0 Å². The van der Waals surface area contributed by atoms with E-state index in [0.29, 0.717) is 17.0 Å². The fraction of sp³-hybridized carbons (Fsp3) is 0.167. The van der Waals surface area contributed by atoms with Crippen LogP contribution in [-0.4, -0.2) is 20.8 Å². The first-order valence-corrected chi connectivity index (χ1v) is 8.74. The molecule has 3 aromatic rings. The summed E-state index contributed by atoms with van der Waals surface area (Å²) in [6, 6.07) is 11.5. The maximum absolute atomic E-state index is 13.5. The highest BCUT2D eigenvalue weighted by atomic mass is 32.2. The summed E-state index contributed by atoms with van der Waals surface area (Å²) < 4.78 is 43.5. The smallest absolute Gasteiger partial charge is 0.167 e. The van der Waals surface area contributed by atoms with Gasteiger partial charge in [-0.25, -0.2) is 22.7 Å². The van der Waals surface area contributed by atoms with Crippen LogP contribution in [0.4, 0.5) is 8.78 Å². The third kappa shape index (κ3) is 2.89. The minimum atomic E-state index is -1.66. The van der Waals surface area contributed by atoms with Gasteiger partial charge in [0.05, 0.1) is 0 Å². The van der Waals surface area contributed by atoms with Crippen LogP contribution in [0.25, 0.3) is 0 Å². The molecule has 0 radical (unpaired) electrons. The Morgan fingerprint density at radius 3 is 1.84 bits per heavy atom. The number of benzene rings is 2. The Labute approximate surface area is 147 Å². The molecule has 3 rings (SSSR count). The van der Waals surface area contributed by atoms with Gasteiger partial charge >= 0.3 is 0 Å². The van der Waals surface area contributed by atoms with E-state index in [0.717, 1.165) is 0 Å². The van der Waals surface area contributed by atoms with Gasteiger partial charge in [0.15, 0.2) is 4.75 Å². The van der Waals surface area contributed by atoms with Gasteiger partial charge in [-0.15, -0.1) is 0 Å². The third-order valence-electron chi connectivity index (χ3n) is 4.10. The Morgan fingerprint density at radius 2 is 1.48 bits per heavy atom. The van der Waals surface area contributed by atoms with Gasteiger partial charge in [0, 0.05) is 19.4 Å². The minimum Gasteiger partial charge on any atom is -0.336 e. The van der Waals surface area contributed by atoms with Crippen LogP contribution >= 0.6 is 0 Å². The second-order valence-corrected chi connectivity index (χ2v) is 7.09. The van der Waals surface area contributed by atoms with E-state index in [4.69, 9.17) is 0 Å². The first-order valence-electron chi connectivity index (χ1n) is 7.59. The summed E-state index contributed by atoms with van der Waals surface area (Å²) in [7, 11) is 1.70. The van der Waals surface area contributed by atoms with E-state index in [1.807, 2.05) is 0 Å². The highest BCUT2D eigenvalue weighted by Gasteiger charge is 2.45. The molecule has 25 heavy (non-hydrogen) atoms. The molecule has 1 aromatic heterocycles. The van der Waals surface area contributed by atoms with Crippen molar-refractivity contribution in [3.8, 4) is 0 Å². The average molecular weight is 361 g/mol. The molecule has 0 aliphatic carbocycles. The molecule has 1 heterocycles. The van der Waals surface area contributed by atoms with Gasteiger partial charge in [0.25, 0.3) is 0 Å². The van der Waals surface area contributed by atoms with Crippen molar-refractivity contribution in [3.63, 3.8) is 0 Å². The zero-order valence-electron chi connectivity index (χ0n) is 13.7. The summed E-state index contributed by atoms with van der Waals surface area (Å²) in [6.45, 7) is 0. The van der Waals surface area contributed by atoms with Crippen LogP contribution in [0.2, 0.25) is 0 Å². The third-order valence-corrected chi connectivity index (χ3v) is 5.68. The van der Waals surface area contributed by atoms with Crippen LogP contribution in [0.5, 0.6) is 0 Å². The van der Waals surface area contributed by atoms with Gasteiger partial charge in [-0.1, -0.05) is 24.3 Å². The molecule has 4 nitrogen and oxygen atoms in total. The molecule has 1 unspecified atom stereocenters. The molecule has 0 saturated heterocycles. The van der Waals surface area contributed by atoms with Crippen molar-refractivity contribution in [2.75, 3.05) is 7.05 Å². The molecule has 0 aliphatic heterocycles. The maximum atomic E-state index is 13.5. The van der Waals surface area contributed by atoms with Crippen molar-refractivity contribution < 1.29 is 13.0 Å². The molecule has 1 N–H and O–H groups in total. The quantitative estimate of drug-likeness (QED) is 0.760. The molecule has 130 valence electrons. The predicted molar refractivity (Wildman–Crippen MR) is 93.1 cm³/mol. The number of imidazole rings is 1. The van der Waals surface area contributed by atoms with E-state index in [9.17, 15) is 13.0 Å². The largest absolute Gasteiger partial charge is 0.336 e. The Bertz CT molecular complexity index is 846. The van der Waals surface area contributed by atoms with Crippen LogP contribution in [0.3, 0.4) is 0 Å². The summed E-state index contributed by atoms with van der Waals surface area (Å²) in [5.41, 5.74) is 1.17. The average Bonchev–Trinajstić information content (AvgIpc) is 3.04. The molecule has 7 heteroatoms. The summed E-state index contributed by atoms with van der Waals surface area (Å²) in [5.74, 6) is -0.294. The molecule has 0 bridgehead atoms. The lowest BCUT2D eigenvalue weighted by Gasteiger charge is -2.33. The summed E-state index contributed by atoms with van der Waals surface area (Å²) >= 11 is 0. The topological polar surface area (TPSA) is 46.9 Å². The number of aromatic nitrogens is 2. The predicted octanol–water partition coefficient (Wildman–Crippen LogP) is 2.87. The van der Waals surface area contributed by atoms with E-state index < -0.39 is 27.4 Å². The lowest BCUT2D eigenvalue weighted by molar-refractivity contribution is 0.615. The zero-order valence-corrected chi connectivity index (χ0v) is 14.6. The number of nitrogens with zero attached hydrogens (tertiary/aromatic N) is 2. The number of nitrogens with one attached hydrogen (secondary N) is 1. The molecule has 0 fully saturated rings. The molecule has 0 saturated carbocycles. The fourth-order valence-corrected chi connectivity index (χ4v) is 4.32. The van der Waals surface area contributed by atoms with Gasteiger partial charge < -0.3 is 4.57 Å². The van der Waals surface area contributed by atoms with Gasteiger partial charge in [-0.3, -0.25) is 0 Å². The first-order chi connectivity index (χ1) is 12.0. The maximum Gasteiger partial charge on any atom is 0.167 e. The van der Waals surface area contributed by atoms with Gasteiger partial charge in [0.2, 0.25) is 0 Å². The summed E-state index contributed by atoms with van der Waals surface area (Å²) in [4.78, 5) is 4.40. The lowest BCUT2D eigenvalue weighted by atomic mass is 9.89. The van der Waals surface area contributed by atoms with Crippen LogP contribution in [0.15, 0.2) is 60.9 Å². The zero-order chi connectivity index (χ0) is 18.0. The Hall–Kier alpha value is -2.38. The van der Waals surface area contributed by atoms with E-state index in [1.54, 1.807) is 55.3 Å². The molecular weight excluding hydrogens is 344 g/mol.